The minimum Gasteiger partial charge on any atom is -0.448 e. The van der Waals surface area contributed by atoms with E-state index in [-0.39, 0.29) is 67.3 Å². The Balaban J connectivity index is 0.000000229. The van der Waals surface area contributed by atoms with Crippen LogP contribution in [-0.2, 0) is 66.0 Å². The standard InChI is InChI=1S/C22H22N2O3S.C18H25N3OS.2C12H15NS.C10H7NO3.C6H10N2O/c1-22(2,3)15-10-8-14(9-11-15)12-23-21(28)24-20-17(13-25)19(26)16-6-4-5-7-18(16)27-20;1-13-10-14(2)21(20-13)12-22-17(23)19-11-15-6-8-16(9-7-15)18(3,4)5;2*1-12(2,3)11-6-4-10(5-7-11)8-13-9-14;11-10-7(5-12)9(13)6-3-1-2-4-8(6)14-10;1-5-3-6(2)8(4-9)7-5/h4-11,13H,12H2,1-3H3,(H2,23,24,28);6-10H,11-12H2,1-5H3,(H,19,23);2*4-7H,8H2,1-3H3;1-5H,11H2;3,9H,4H2,1-2H3. The van der Waals surface area contributed by atoms with E-state index in [1.54, 1.807) is 57.9 Å². The monoisotopic (exact) mass is 1450 g/mol. The van der Waals surface area contributed by atoms with Crippen molar-refractivity contribution in [3.05, 3.63) is 257 Å². The van der Waals surface area contributed by atoms with Gasteiger partial charge in [-0.05, 0) is 179 Å². The van der Waals surface area contributed by atoms with Gasteiger partial charge in [0.05, 0.1) is 45.6 Å². The van der Waals surface area contributed by atoms with Crippen LogP contribution in [0.3, 0.4) is 0 Å². The molecule has 10 rings (SSSR count). The second kappa shape index (κ2) is 38.9. The van der Waals surface area contributed by atoms with E-state index in [2.05, 4.69) is 239 Å². The first-order valence-electron chi connectivity index (χ1n) is 32.9. The number of benzene rings is 6. The van der Waals surface area contributed by atoms with E-state index < -0.39 is 0 Å². The number of para-hydroxylation sites is 2. The Morgan fingerprint density at radius 3 is 1.25 bits per heavy atom. The fourth-order valence-corrected chi connectivity index (χ4v) is 10.1. The number of carbonyl (C=O) groups is 2. The van der Waals surface area contributed by atoms with Gasteiger partial charge in [-0.25, -0.2) is 19.3 Å². The number of thiocarbonyl (C=S) groups is 4. The maximum Gasteiger partial charge on any atom is 0.258 e. The average molecular weight is 1450 g/mol. The highest BCUT2D eigenvalue weighted by Gasteiger charge is 2.19. The number of ether oxygens (including phenoxy) is 1. The van der Waals surface area contributed by atoms with Crippen LogP contribution in [0.25, 0.3) is 21.9 Å². The highest BCUT2D eigenvalue weighted by atomic mass is 32.1. The first-order chi connectivity index (χ1) is 48.1. The third-order valence-corrected chi connectivity index (χ3v) is 16.4. The summed E-state index contributed by atoms with van der Waals surface area (Å²) in [5.74, 6) is -0.0945. The first-order valence-corrected chi connectivity index (χ1v) is 34.5. The number of aliphatic imine (C=N–C) groups is 2. The Hall–Kier alpha value is -9.76. The third kappa shape index (κ3) is 26.3. The Morgan fingerprint density at radius 1 is 0.539 bits per heavy atom. The van der Waals surface area contributed by atoms with Crippen LogP contribution in [0.4, 0.5) is 11.8 Å². The fraction of sp³-hybridized carbons (Fsp3) is 0.325. The SMILES string of the molecule is CC(C)(C)c1ccc(CN=C=S)cc1.CC(C)(C)c1ccc(CN=C=S)cc1.CC(C)(C)c1ccc(CNC(=S)Nc2oc3ccccc3c(=O)c2C=O)cc1.Cc1cc(C)n(CO)n1.Cc1cc(C)n(COC(=S)NCc2ccc(C(C)(C)C)cc2)n1.Nc1oc2ccccc2c(=O)c1C=O. The van der Waals surface area contributed by atoms with Gasteiger partial charge >= 0.3 is 0 Å². The molecule has 6 N–H and O–H groups in total. The number of aromatic nitrogens is 4. The molecule has 0 aliphatic rings. The van der Waals surface area contributed by atoms with Gasteiger partial charge in [-0.15, -0.1) is 0 Å². The predicted molar refractivity (Wildman–Crippen MR) is 427 cm³/mol. The summed E-state index contributed by atoms with van der Waals surface area (Å²) in [4.78, 5) is 53.8. The molecule has 0 bridgehead atoms. The number of hydrogen-bond donors (Lipinski definition) is 5. The summed E-state index contributed by atoms with van der Waals surface area (Å²) in [6.45, 7) is 36.9. The van der Waals surface area contributed by atoms with Crippen molar-refractivity contribution in [3.63, 3.8) is 0 Å². The van der Waals surface area contributed by atoms with Gasteiger partial charge in [0, 0.05) is 24.5 Å². The lowest BCUT2D eigenvalue weighted by Gasteiger charge is -2.19. The zero-order valence-corrected chi connectivity index (χ0v) is 64.4. The molecule has 0 aliphatic heterocycles. The quantitative estimate of drug-likeness (QED) is 0.0386. The Labute approximate surface area is 619 Å². The zero-order chi connectivity index (χ0) is 75.5. The van der Waals surface area contributed by atoms with Crippen molar-refractivity contribution in [2.75, 3.05) is 11.1 Å². The topological polar surface area (TPSA) is 246 Å². The summed E-state index contributed by atoms with van der Waals surface area (Å²) in [5, 5.41) is 32.1. The van der Waals surface area contributed by atoms with Crippen LogP contribution in [0.2, 0.25) is 0 Å². The van der Waals surface area contributed by atoms with E-state index in [0.29, 0.717) is 72.6 Å². The van der Waals surface area contributed by atoms with Crippen molar-refractivity contribution in [2.24, 2.45) is 9.98 Å². The van der Waals surface area contributed by atoms with E-state index in [0.717, 1.165) is 28.3 Å². The normalized spacial score (nSPS) is 10.9. The van der Waals surface area contributed by atoms with Crippen molar-refractivity contribution in [3.8, 4) is 0 Å². The number of isothiocyanates is 2. The number of nitrogens with zero attached hydrogens (tertiary/aromatic N) is 6. The number of aliphatic hydroxyl groups is 1. The van der Waals surface area contributed by atoms with Gasteiger partial charge in [0.1, 0.15) is 29.0 Å². The molecular formula is C80H94N10O8S4. The van der Waals surface area contributed by atoms with Crippen LogP contribution in [-0.4, -0.2) is 57.8 Å². The molecule has 536 valence electrons. The molecule has 4 aromatic heterocycles. The van der Waals surface area contributed by atoms with Gasteiger partial charge in [-0.2, -0.15) is 10.2 Å². The molecule has 6 aromatic carbocycles. The number of aldehydes is 2. The van der Waals surface area contributed by atoms with Crippen molar-refractivity contribution >= 4 is 116 Å². The molecule has 0 unspecified atom stereocenters. The molecule has 0 aliphatic carbocycles. The molecule has 0 atom stereocenters. The van der Waals surface area contributed by atoms with Crippen LogP contribution >= 0.6 is 48.9 Å². The Bertz CT molecular complexity index is 4580. The van der Waals surface area contributed by atoms with Gasteiger partial charge in [-0.1, -0.05) is 204 Å². The molecular weight excluding hydrogens is 1360 g/mol. The second-order valence-corrected chi connectivity index (χ2v) is 29.1. The largest absolute Gasteiger partial charge is 0.448 e. The number of aliphatic hydroxyl groups excluding tert-OH is 1. The van der Waals surface area contributed by atoms with Gasteiger partial charge in [0.2, 0.25) is 22.6 Å². The van der Waals surface area contributed by atoms with Crippen molar-refractivity contribution in [1.29, 1.82) is 0 Å². The number of rotatable bonds is 14. The molecule has 0 saturated heterocycles. The van der Waals surface area contributed by atoms with Gasteiger partial charge in [-0.3, -0.25) is 19.2 Å². The lowest BCUT2D eigenvalue weighted by atomic mass is 9.87. The lowest BCUT2D eigenvalue weighted by Crippen LogP contribution is -2.29. The zero-order valence-electron chi connectivity index (χ0n) is 61.1. The highest BCUT2D eigenvalue weighted by molar-refractivity contribution is 7.80. The number of fused-ring (bicyclic) bond motifs is 2. The van der Waals surface area contributed by atoms with Crippen LogP contribution in [0, 0.1) is 27.7 Å². The molecule has 0 spiro atoms. The molecule has 0 fully saturated rings. The number of aryl methyl sites for hydroxylation is 4. The molecule has 4 heterocycles. The summed E-state index contributed by atoms with van der Waals surface area (Å²) in [7, 11) is 0. The molecule has 22 heteroatoms. The van der Waals surface area contributed by atoms with E-state index in [4.69, 9.17) is 48.8 Å². The third-order valence-electron chi connectivity index (χ3n) is 15.6. The minimum atomic E-state index is -0.389. The second-order valence-electron chi connectivity index (χ2n) is 27.9. The van der Waals surface area contributed by atoms with Gasteiger partial charge < -0.3 is 40.4 Å². The van der Waals surface area contributed by atoms with Crippen LogP contribution in [0.1, 0.15) is 171 Å². The van der Waals surface area contributed by atoms with Crippen molar-refractivity contribution < 1.29 is 28.3 Å². The fourth-order valence-electron chi connectivity index (χ4n) is 9.65. The summed E-state index contributed by atoms with van der Waals surface area (Å²) < 4.78 is 19.7. The number of carbonyl (C=O) groups excluding carboxylic acids is 2. The molecule has 0 radical (unpaired) electrons. The molecule has 0 saturated carbocycles. The Morgan fingerprint density at radius 2 is 0.902 bits per heavy atom. The van der Waals surface area contributed by atoms with E-state index in [1.807, 2.05) is 52.0 Å². The maximum atomic E-state index is 12.5. The summed E-state index contributed by atoms with van der Waals surface area (Å²) in [6.07, 6.45) is 0.891. The lowest BCUT2D eigenvalue weighted by molar-refractivity contribution is 0.111. The van der Waals surface area contributed by atoms with Crippen LogP contribution in [0.15, 0.2) is 186 Å². The van der Waals surface area contributed by atoms with E-state index in [9.17, 15) is 19.2 Å². The summed E-state index contributed by atoms with van der Waals surface area (Å²) >= 11 is 19.5. The van der Waals surface area contributed by atoms with Gasteiger partial charge in [0.25, 0.3) is 5.17 Å². The minimum absolute atomic E-state index is 0.0281. The number of anilines is 2. The van der Waals surface area contributed by atoms with E-state index >= 15 is 0 Å². The average Bonchev–Trinajstić information content (AvgIpc) is 1.03. The van der Waals surface area contributed by atoms with Crippen molar-refractivity contribution in [1.82, 2.24) is 30.2 Å². The Kier molecular flexibility index (Phi) is 31.6. The number of nitrogens with one attached hydrogen (secondary N) is 3. The highest BCUT2D eigenvalue weighted by Crippen LogP contribution is 2.26. The van der Waals surface area contributed by atoms with Crippen molar-refractivity contribution in [2.45, 2.75) is 172 Å². The molecule has 0 amide bonds. The predicted octanol–water partition coefficient (Wildman–Crippen LogP) is 17.0. The number of nitrogens with two attached hydrogens (primary N) is 1. The molecule has 102 heavy (non-hydrogen) atoms. The van der Waals surface area contributed by atoms with Crippen LogP contribution < -0.4 is 32.5 Å². The smallest absolute Gasteiger partial charge is 0.258 e. The summed E-state index contributed by atoms with van der Waals surface area (Å²) in [5.41, 5.74) is 19.7. The first kappa shape index (κ1) is 82.9. The van der Waals surface area contributed by atoms with Gasteiger partial charge in [0.15, 0.2) is 24.4 Å². The summed E-state index contributed by atoms with van der Waals surface area (Å²) in [6, 6.07) is 51.2. The van der Waals surface area contributed by atoms with E-state index in [1.165, 1.54) is 38.9 Å². The number of nitrogen functional groups attached to an aromatic ring is 1. The molecule has 10 aromatic rings. The maximum absolute atomic E-state index is 12.5. The molecule has 18 nitrogen and oxygen atoms in total. The van der Waals surface area contributed by atoms with Crippen LogP contribution in [0.5, 0.6) is 0 Å². The number of hydrogen-bond acceptors (Lipinski definition) is 17.